The molecule has 10 heteroatoms. The molecule has 0 radical (unpaired) electrons. The number of rotatable bonds is 7. The van der Waals surface area contributed by atoms with E-state index in [-0.39, 0.29) is 11.3 Å². The van der Waals surface area contributed by atoms with Crippen LogP contribution >= 0.6 is 11.3 Å². The van der Waals surface area contributed by atoms with Crippen LogP contribution < -0.4 is 10.9 Å². The van der Waals surface area contributed by atoms with Crippen LogP contribution in [0.2, 0.25) is 0 Å². The Labute approximate surface area is 164 Å². The van der Waals surface area contributed by atoms with Gasteiger partial charge in [-0.1, -0.05) is 19.4 Å². The largest absolute Gasteiger partial charge is 0.451 e. The molecule has 1 aromatic heterocycles. The second kappa shape index (κ2) is 9.60. The second-order valence-corrected chi connectivity index (χ2v) is 7.08. The molecule has 2 rings (SSSR count). The van der Waals surface area contributed by atoms with E-state index in [9.17, 15) is 24.5 Å². The molecule has 148 valence electrons. The van der Waals surface area contributed by atoms with Crippen LogP contribution in [0.3, 0.4) is 0 Å². The normalized spacial score (nSPS) is 10.2. The molecule has 0 saturated carbocycles. The van der Waals surface area contributed by atoms with Crippen LogP contribution in [-0.2, 0) is 16.0 Å². The van der Waals surface area contributed by atoms with Crippen LogP contribution in [0.4, 0.5) is 5.69 Å². The number of nitro groups is 1. The number of nitro benzene ring substituents is 1. The Morgan fingerprint density at radius 2 is 1.96 bits per heavy atom. The van der Waals surface area contributed by atoms with Crippen LogP contribution in [0.1, 0.15) is 43.8 Å². The molecule has 0 atom stereocenters. The standard InChI is InChI=1S/C18H19N3O6S/c1-3-5-12-9-15(28-11(12)2)18(24)27-10-16(22)19-20-17(23)13-6-4-7-14(8-13)21(25)26/h4,6-9H,3,5,10H2,1-2H3,(H,19,22)(H,20,23). The van der Waals surface area contributed by atoms with E-state index in [1.54, 1.807) is 6.07 Å². The topological polar surface area (TPSA) is 128 Å². The minimum atomic E-state index is -0.741. The Bertz CT molecular complexity index is 908. The summed E-state index contributed by atoms with van der Waals surface area (Å²) < 4.78 is 4.94. The number of hydrogen-bond acceptors (Lipinski definition) is 7. The number of hydrogen-bond donors (Lipinski definition) is 2. The molecule has 28 heavy (non-hydrogen) atoms. The number of nitrogens with zero attached hydrogens (tertiary/aromatic N) is 1. The summed E-state index contributed by atoms with van der Waals surface area (Å²) in [5.41, 5.74) is 5.03. The van der Waals surface area contributed by atoms with Gasteiger partial charge in [-0.3, -0.25) is 30.6 Å². The Morgan fingerprint density at radius 3 is 2.64 bits per heavy atom. The summed E-state index contributed by atoms with van der Waals surface area (Å²) in [4.78, 5) is 47.3. The van der Waals surface area contributed by atoms with Crippen LogP contribution in [0.25, 0.3) is 0 Å². The molecule has 0 saturated heterocycles. The van der Waals surface area contributed by atoms with E-state index in [1.165, 1.54) is 29.5 Å². The molecule has 2 amide bonds. The van der Waals surface area contributed by atoms with E-state index in [0.717, 1.165) is 29.3 Å². The van der Waals surface area contributed by atoms with Crippen LogP contribution in [0.5, 0.6) is 0 Å². The van der Waals surface area contributed by atoms with Gasteiger partial charge in [0, 0.05) is 22.6 Å². The Balaban J connectivity index is 1.83. The van der Waals surface area contributed by atoms with E-state index in [1.807, 2.05) is 13.8 Å². The lowest BCUT2D eigenvalue weighted by Gasteiger charge is -2.07. The third kappa shape index (κ3) is 5.61. The molecule has 0 bridgehead atoms. The molecular formula is C18H19N3O6S. The summed E-state index contributed by atoms with van der Waals surface area (Å²) in [6.45, 7) is 3.39. The molecule has 0 fully saturated rings. The molecule has 0 spiro atoms. The molecule has 1 aromatic carbocycles. The quantitative estimate of drug-likeness (QED) is 0.414. The average Bonchev–Trinajstić information content (AvgIpc) is 3.05. The van der Waals surface area contributed by atoms with Crippen molar-refractivity contribution >= 4 is 34.8 Å². The first-order valence-corrected chi connectivity index (χ1v) is 9.23. The summed E-state index contributed by atoms with van der Waals surface area (Å²) in [5, 5.41) is 10.7. The van der Waals surface area contributed by atoms with Crippen molar-refractivity contribution in [3.63, 3.8) is 0 Å². The van der Waals surface area contributed by atoms with E-state index < -0.39 is 29.3 Å². The number of carbonyl (C=O) groups excluding carboxylic acids is 3. The summed E-state index contributed by atoms with van der Waals surface area (Å²) in [6, 6.07) is 6.80. The van der Waals surface area contributed by atoms with Crippen molar-refractivity contribution in [2.45, 2.75) is 26.7 Å². The maximum absolute atomic E-state index is 12.0. The SMILES string of the molecule is CCCc1cc(C(=O)OCC(=O)NNC(=O)c2cccc([N+](=O)[O-])c2)sc1C. The molecule has 0 aliphatic carbocycles. The first-order valence-electron chi connectivity index (χ1n) is 8.42. The van der Waals surface area contributed by atoms with E-state index in [2.05, 4.69) is 10.9 Å². The smallest absolute Gasteiger partial charge is 0.348 e. The van der Waals surface area contributed by atoms with Gasteiger partial charge in [0.15, 0.2) is 6.61 Å². The van der Waals surface area contributed by atoms with Crippen molar-refractivity contribution in [2.24, 2.45) is 0 Å². The lowest BCUT2D eigenvalue weighted by Crippen LogP contribution is -2.43. The van der Waals surface area contributed by atoms with Gasteiger partial charge in [0.1, 0.15) is 4.88 Å². The van der Waals surface area contributed by atoms with Crippen molar-refractivity contribution < 1.29 is 24.0 Å². The lowest BCUT2D eigenvalue weighted by atomic mass is 10.1. The number of nitrogens with one attached hydrogen (secondary N) is 2. The van der Waals surface area contributed by atoms with Gasteiger partial charge in [-0.05, 0) is 31.0 Å². The highest BCUT2D eigenvalue weighted by Crippen LogP contribution is 2.23. The number of carbonyl (C=O) groups is 3. The Morgan fingerprint density at radius 1 is 1.21 bits per heavy atom. The van der Waals surface area contributed by atoms with E-state index in [4.69, 9.17) is 4.74 Å². The van der Waals surface area contributed by atoms with Crippen LogP contribution in [0, 0.1) is 17.0 Å². The number of ether oxygens (including phenoxy) is 1. The molecular weight excluding hydrogens is 386 g/mol. The molecule has 0 aliphatic rings. The van der Waals surface area contributed by atoms with Crippen LogP contribution in [0.15, 0.2) is 30.3 Å². The van der Waals surface area contributed by atoms with E-state index in [0.29, 0.717) is 4.88 Å². The first kappa shape index (κ1) is 21.0. The number of aryl methyl sites for hydroxylation is 2. The first-order chi connectivity index (χ1) is 13.3. The highest BCUT2D eigenvalue weighted by molar-refractivity contribution is 7.14. The molecule has 2 N–H and O–H groups in total. The Hall–Kier alpha value is -3.27. The summed E-state index contributed by atoms with van der Waals surface area (Å²) >= 11 is 1.30. The van der Waals surface area contributed by atoms with Gasteiger partial charge in [0.2, 0.25) is 0 Å². The van der Waals surface area contributed by atoms with Crippen molar-refractivity contribution in [3.05, 3.63) is 61.3 Å². The zero-order valence-electron chi connectivity index (χ0n) is 15.3. The number of thiophene rings is 1. The highest BCUT2D eigenvalue weighted by Gasteiger charge is 2.16. The lowest BCUT2D eigenvalue weighted by molar-refractivity contribution is -0.384. The molecule has 9 nitrogen and oxygen atoms in total. The second-order valence-electron chi connectivity index (χ2n) is 5.83. The number of esters is 1. The van der Waals surface area contributed by atoms with Gasteiger partial charge >= 0.3 is 5.97 Å². The molecule has 0 aliphatic heterocycles. The van der Waals surface area contributed by atoms with Crippen molar-refractivity contribution in [1.29, 1.82) is 0 Å². The predicted molar refractivity (Wildman–Crippen MR) is 102 cm³/mol. The zero-order valence-corrected chi connectivity index (χ0v) is 16.1. The fourth-order valence-electron chi connectivity index (χ4n) is 2.34. The van der Waals surface area contributed by atoms with Crippen molar-refractivity contribution in [2.75, 3.05) is 6.61 Å². The van der Waals surface area contributed by atoms with Gasteiger partial charge in [-0.15, -0.1) is 11.3 Å². The summed E-state index contributed by atoms with van der Waals surface area (Å²) in [5.74, 6) is -2.09. The zero-order chi connectivity index (χ0) is 20.7. The predicted octanol–water partition coefficient (Wildman–Crippen LogP) is 2.54. The number of benzene rings is 1. The fourth-order valence-corrected chi connectivity index (χ4v) is 3.30. The molecule has 1 heterocycles. The summed E-state index contributed by atoms with van der Waals surface area (Å²) in [6.07, 6.45) is 1.82. The van der Waals surface area contributed by atoms with Gasteiger partial charge in [0.05, 0.1) is 4.92 Å². The molecule has 0 unspecified atom stereocenters. The Kier molecular flexibility index (Phi) is 7.21. The van der Waals surface area contributed by atoms with Gasteiger partial charge in [-0.2, -0.15) is 0 Å². The third-order valence-electron chi connectivity index (χ3n) is 3.71. The highest BCUT2D eigenvalue weighted by atomic mass is 32.1. The number of amides is 2. The monoisotopic (exact) mass is 405 g/mol. The third-order valence-corrected chi connectivity index (χ3v) is 4.78. The number of hydrazine groups is 1. The van der Waals surface area contributed by atoms with Gasteiger partial charge < -0.3 is 4.74 Å². The molecule has 2 aromatic rings. The number of non-ortho nitro benzene ring substituents is 1. The van der Waals surface area contributed by atoms with E-state index >= 15 is 0 Å². The minimum absolute atomic E-state index is 0.00371. The maximum atomic E-state index is 12.0. The maximum Gasteiger partial charge on any atom is 0.348 e. The fraction of sp³-hybridized carbons (Fsp3) is 0.278. The van der Waals surface area contributed by atoms with Gasteiger partial charge in [0.25, 0.3) is 17.5 Å². The minimum Gasteiger partial charge on any atom is -0.451 e. The van der Waals surface area contributed by atoms with Gasteiger partial charge in [-0.25, -0.2) is 4.79 Å². The summed E-state index contributed by atoms with van der Waals surface area (Å²) in [7, 11) is 0. The average molecular weight is 405 g/mol. The van der Waals surface area contributed by atoms with Crippen molar-refractivity contribution in [1.82, 2.24) is 10.9 Å². The van der Waals surface area contributed by atoms with Crippen LogP contribution in [-0.4, -0.2) is 29.3 Å². The van der Waals surface area contributed by atoms with Crippen molar-refractivity contribution in [3.8, 4) is 0 Å².